The molecule has 28 heavy (non-hydrogen) atoms. The number of hydrogen-bond donors (Lipinski definition) is 3. The van der Waals surface area contributed by atoms with Gasteiger partial charge in [-0.1, -0.05) is 32.0 Å². The van der Waals surface area contributed by atoms with E-state index < -0.39 is 6.10 Å². The zero-order valence-electron chi connectivity index (χ0n) is 16.8. The van der Waals surface area contributed by atoms with Gasteiger partial charge >= 0.3 is 0 Å². The average molecular weight is 384 g/mol. The summed E-state index contributed by atoms with van der Waals surface area (Å²) in [5.74, 6) is -0.857. The molecule has 0 bridgehead atoms. The van der Waals surface area contributed by atoms with E-state index in [0.717, 1.165) is 22.3 Å². The topological polar surface area (TPSA) is 84.2 Å². The number of aliphatic hydroxyl groups is 1. The van der Waals surface area contributed by atoms with Crippen LogP contribution < -0.4 is 0 Å². The van der Waals surface area contributed by atoms with Gasteiger partial charge in [0.2, 0.25) is 0 Å². The van der Waals surface area contributed by atoms with Crippen molar-refractivity contribution in [3.05, 3.63) is 58.1 Å². The number of amides is 1. The number of carbonyl (C=O) groups excluding carboxylic acids is 1. The number of fused-ring (bicyclic) bond motifs is 1. The predicted octanol–water partition coefficient (Wildman–Crippen LogP) is 2.97. The van der Waals surface area contributed by atoms with Gasteiger partial charge in [0, 0.05) is 19.6 Å². The SMILES string of the molecule is CC(C)c1cc(O)c(O)c(C(=O)N2Cc3ccc(C(O)CN(C)C)cc3C2)c1. The fourth-order valence-electron chi connectivity index (χ4n) is 3.52. The highest BCUT2D eigenvalue weighted by molar-refractivity contribution is 5.98. The van der Waals surface area contributed by atoms with Crippen LogP contribution in [0.15, 0.2) is 30.3 Å². The number of likely N-dealkylation sites (N-methyl/N-ethyl adjacent to an activating group) is 1. The maximum atomic E-state index is 13.0. The largest absolute Gasteiger partial charge is 0.504 e. The van der Waals surface area contributed by atoms with Gasteiger partial charge in [-0.25, -0.2) is 0 Å². The first-order valence-corrected chi connectivity index (χ1v) is 9.47. The van der Waals surface area contributed by atoms with Gasteiger partial charge in [-0.15, -0.1) is 0 Å². The molecule has 0 spiro atoms. The first-order chi connectivity index (χ1) is 13.2. The zero-order valence-corrected chi connectivity index (χ0v) is 16.8. The molecule has 0 saturated carbocycles. The third-order valence-corrected chi connectivity index (χ3v) is 5.17. The first-order valence-electron chi connectivity index (χ1n) is 9.47. The number of rotatable bonds is 5. The summed E-state index contributed by atoms with van der Waals surface area (Å²) in [6.07, 6.45) is -0.589. The minimum Gasteiger partial charge on any atom is -0.504 e. The summed E-state index contributed by atoms with van der Waals surface area (Å²) in [4.78, 5) is 16.6. The van der Waals surface area contributed by atoms with E-state index in [1.807, 2.05) is 51.0 Å². The van der Waals surface area contributed by atoms with Crippen LogP contribution in [0.4, 0.5) is 0 Å². The lowest BCUT2D eigenvalue weighted by molar-refractivity contribution is 0.0747. The summed E-state index contributed by atoms with van der Waals surface area (Å²) < 4.78 is 0. The molecule has 3 N–H and O–H groups in total. The van der Waals surface area contributed by atoms with E-state index in [1.54, 1.807) is 11.0 Å². The number of phenolic OH excluding ortho intramolecular Hbond substituents is 2. The predicted molar refractivity (Wildman–Crippen MR) is 107 cm³/mol. The highest BCUT2D eigenvalue weighted by Crippen LogP contribution is 2.35. The molecular formula is C22H28N2O4. The number of aliphatic hydroxyl groups excluding tert-OH is 1. The second kappa shape index (κ2) is 7.81. The minimum atomic E-state index is -0.589. The van der Waals surface area contributed by atoms with Crippen LogP contribution in [-0.4, -0.2) is 51.7 Å². The van der Waals surface area contributed by atoms with Crippen molar-refractivity contribution in [1.29, 1.82) is 0 Å². The van der Waals surface area contributed by atoms with Gasteiger partial charge in [-0.2, -0.15) is 0 Å². The molecule has 3 rings (SSSR count). The quantitative estimate of drug-likeness (QED) is 0.690. The highest BCUT2D eigenvalue weighted by Gasteiger charge is 2.28. The lowest BCUT2D eigenvalue weighted by Gasteiger charge is -2.18. The Morgan fingerprint density at radius 3 is 2.39 bits per heavy atom. The second-order valence-corrected chi connectivity index (χ2v) is 8.06. The summed E-state index contributed by atoms with van der Waals surface area (Å²) in [5, 5.41) is 30.6. The Morgan fingerprint density at radius 2 is 1.75 bits per heavy atom. The Bertz CT molecular complexity index is 892. The van der Waals surface area contributed by atoms with Gasteiger partial charge in [-0.3, -0.25) is 4.79 Å². The van der Waals surface area contributed by atoms with Crippen LogP contribution in [0, 0.1) is 0 Å². The molecule has 0 aliphatic carbocycles. The number of nitrogens with zero attached hydrogens (tertiary/aromatic N) is 2. The van der Waals surface area contributed by atoms with E-state index in [4.69, 9.17) is 0 Å². The number of hydrogen-bond acceptors (Lipinski definition) is 5. The monoisotopic (exact) mass is 384 g/mol. The van der Waals surface area contributed by atoms with Gasteiger partial charge < -0.3 is 25.1 Å². The molecule has 1 unspecified atom stereocenters. The first kappa shape index (κ1) is 20.2. The molecule has 2 aromatic carbocycles. The zero-order chi connectivity index (χ0) is 20.6. The molecule has 0 aromatic heterocycles. The van der Waals surface area contributed by atoms with Crippen molar-refractivity contribution in [3.8, 4) is 11.5 Å². The normalized spacial score (nSPS) is 14.6. The van der Waals surface area contributed by atoms with Crippen molar-refractivity contribution >= 4 is 5.91 Å². The van der Waals surface area contributed by atoms with Crippen molar-refractivity contribution in [1.82, 2.24) is 9.80 Å². The van der Waals surface area contributed by atoms with Gasteiger partial charge in [0.05, 0.1) is 11.7 Å². The molecule has 1 atom stereocenters. The highest BCUT2D eigenvalue weighted by atomic mass is 16.3. The lowest BCUT2D eigenvalue weighted by atomic mass is 9.99. The number of phenols is 2. The van der Waals surface area contributed by atoms with Crippen LogP contribution in [0.5, 0.6) is 11.5 Å². The van der Waals surface area contributed by atoms with Crippen LogP contribution in [-0.2, 0) is 13.1 Å². The lowest BCUT2D eigenvalue weighted by Crippen LogP contribution is -2.25. The van der Waals surface area contributed by atoms with E-state index in [1.165, 1.54) is 6.07 Å². The molecule has 2 aromatic rings. The molecule has 1 amide bonds. The van der Waals surface area contributed by atoms with E-state index in [0.29, 0.717) is 19.6 Å². The summed E-state index contributed by atoms with van der Waals surface area (Å²) in [6.45, 7) is 5.29. The van der Waals surface area contributed by atoms with Crippen LogP contribution in [0.2, 0.25) is 0 Å². The molecule has 6 nitrogen and oxygen atoms in total. The second-order valence-electron chi connectivity index (χ2n) is 8.06. The fraction of sp³-hybridized carbons (Fsp3) is 0.409. The molecule has 0 fully saturated rings. The summed E-state index contributed by atoms with van der Waals surface area (Å²) in [7, 11) is 3.81. The van der Waals surface area contributed by atoms with E-state index >= 15 is 0 Å². The van der Waals surface area contributed by atoms with Crippen molar-refractivity contribution in [3.63, 3.8) is 0 Å². The Morgan fingerprint density at radius 1 is 1.07 bits per heavy atom. The van der Waals surface area contributed by atoms with Crippen LogP contribution >= 0.6 is 0 Å². The minimum absolute atomic E-state index is 0.115. The van der Waals surface area contributed by atoms with Gasteiger partial charge in [-0.05, 0) is 54.4 Å². The van der Waals surface area contributed by atoms with Crippen molar-refractivity contribution in [2.45, 2.75) is 39.0 Å². The molecule has 1 aliphatic heterocycles. The van der Waals surface area contributed by atoms with Crippen LogP contribution in [0.25, 0.3) is 0 Å². The fourth-order valence-corrected chi connectivity index (χ4v) is 3.52. The van der Waals surface area contributed by atoms with Crippen LogP contribution in [0.3, 0.4) is 0 Å². The Labute approximate surface area is 165 Å². The molecule has 1 heterocycles. The van der Waals surface area contributed by atoms with Gasteiger partial charge in [0.25, 0.3) is 5.91 Å². The van der Waals surface area contributed by atoms with E-state index in [9.17, 15) is 20.1 Å². The van der Waals surface area contributed by atoms with Gasteiger partial charge in [0.1, 0.15) is 0 Å². The van der Waals surface area contributed by atoms with E-state index in [2.05, 4.69) is 0 Å². The van der Waals surface area contributed by atoms with Crippen molar-refractivity contribution < 1.29 is 20.1 Å². The molecule has 1 aliphatic rings. The van der Waals surface area contributed by atoms with E-state index in [-0.39, 0.29) is 28.9 Å². The molecule has 0 saturated heterocycles. The van der Waals surface area contributed by atoms with Crippen molar-refractivity contribution in [2.75, 3.05) is 20.6 Å². The summed E-state index contributed by atoms with van der Waals surface area (Å²) in [5.41, 5.74) is 3.75. The smallest absolute Gasteiger partial charge is 0.258 e. The average Bonchev–Trinajstić information content (AvgIpc) is 3.05. The number of aromatic hydroxyl groups is 2. The van der Waals surface area contributed by atoms with Crippen LogP contribution in [0.1, 0.15) is 58.5 Å². The number of benzene rings is 2. The van der Waals surface area contributed by atoms with Gasteiger partial charge in [0.15, 0.2) is 11.5 Å². The summed E-state index contributed by atoms with van der Waals surface area (Å²) in [6, 6.07) is 8.92. The summed E-state index contributed by atoms with van der Waals surface area (Å²) >= 11 is 0. The standard InChI is InChI=1S/C22H28N2O4/c1-13(2)16-8-18(21(27)19(25)9-16)22(28)24-10-15-6-5-14(7-17(15)11-24)20(26)12-23(3)4/h5-9,13,20,25-27H,10-12H2,1-4H3. The maximum absolute atomic E-state index is 13.0. The molecule has 150 valence electrons. The van der Waals surface area contributed by atoms with Crippen molar-refractivity contribution in [2.24, 2.45) is 0 Å². The molecule has 0 radical (unpaired) electrons. The number of carbonyl (C=O) groups is 1. The molecular weight excluding hydrogens is 356 g/mol. The Balaban J connectivity index is 1.83. The third kappa shape index (κ3) is 3.98. The Kier molecular flexibility index (Phi) is 5.63. The molecule has 6 heteroatoms. The maximum Gasteiger partial charge on any atom is 0.258 e. The third-order valence-electron chi connectivity index (χ3n) is 5.17. The Hall–Kier alpha value is -2.57.